The summed E-state index contributed by atoms with van der Waals surface area (Å²) < 4.78 is 5.74. The molecule has 0 bridgehead atoms. The Labute approximate surface area is 94.6 Å². The molecule has 3 nitrogen and oxygen atoms in total. The molecule has 2 N–H and O–H groups in total. The zero-order valence-electron chi connectivity index (χ0n) is 8.69. The van der Waals surface area contributed by atoms with Gasteiger partial charge in [0.2, 0.25) is 5.88 Å². The number of aryl methyl sites for hydroxylation is 1. The Morgan fingerprint density at radius 1 is 1.53 bits per heavy atom. The van der Waals surface area contributed by atoms with E-state index in [-0.39, 0.29) is 0 Å². The van der Waals surface area contributed by atoms with Gasteiger partial charge in [-0.05, 0) is 38.3 Å². The molecular weight excluding hydrogens is 208 g/mol. The number of hydrogen-bond donors (Lipinski definition) is 1. The summed E-state index contributed by atoms with van der Waals surface area (Å²) >= 11 is 4.96. The van der Waals surface area contributed by atoms with E-state index in [1.165, 1.54) is 6.42 Å². The van der Waals surface area contributed by atoms with Crippen LogP contribution in [0.2, 0.25) is 0 Å². The van der Waals surface area contributed by atoms with E-state index in [1.807, 2.05) is 19.1 Å². The maximum atomic E-state index is 5.74. The monoisotopic (exact) mass is 222 g/mol. The van der Waals surface area contributed by atoms with Crippen LogP contribution in [0.5, 0.6) is 5.88 Å². The van der Waals surface area contributed by atoms with Crippen LogP contribution in [-0.2, 0) is 0 Å². The lowest BCUT2D eigenvalue weighted by atomic mass is 9.96. The molecule has 15 heavy (non-hydrogen) atoms. The van der Waals surface area contributed by atoms with E-state index in [4.69, 9.17) is 22.7 Å². The van der Waals surface area contributed by atoms with Gasteiger partial charge in [0.05, 0.1) is 5.56 Å². The summed E-state index contributed by atoms with van der Waals surface area (Å²) in [5.74, 6) is 0.590. The van der Waals surface area contributed by atoms with Crippen LogP contribution in [0.1, 0.15) is 30.5 Å². The average Bonchev–Trinajstić information content (AvgIpc) is 2.11. The van der Waals surface area contributed by atoms with Crippen molar-refractivity contribution in [1.82, 2.24) is 4.98 Å². The lowest BCUT2D eigenvalue weighted by Crippen LogP contribution is -2.26. The van der Waals surface area contributed by atoms with Crippen LogP contribution in [0.15, 0.2) is 12.1 Å². The molecule has 0 spiro atoms. The molecule has 0 radical (unpaired) electrons. The Balaban J connectivity index is 2.24. The summed E-state index contributed by atoms with van der Waals surface area (Å²) in [6, 6.07) is 3.76. The zero-order valence-corrected chi connectivity index (χ0v) is 9.51. The largest absolute Gasteiger partial charge is 0.474 e. The Hall–Kier alpha value is -1.16. The van der Waals surface area contributed by atoms with Crippen LogP contribution in [0.25, 0.3) is 0 Å². The van der Waals surface area contributed by atoms with Gasteiger partial charge in [-0.15, -0.1) is 0 Å². The van der Waals surface area contributed by atoms with Crippen molar-refractivity contribution >= 4 is 17.2 Å². The third-order valence-corrected chi connectivity index (χ3v) is 2.82. The maximum absolute atomic E-state index is 5.74. The second kappa shape index (κ2) is 4.14. The highest BCUT2D eigenvalue weighted by molar-refractivity contribution is 7.80. The van der Waals surface area contributed by atoms with Crippen molar-refractivity contribution < 1.29 is 4.74 Å². The van der Waals surface area contributed by atoms with Crippen LogP contribution < -0.4 is 10.5 Å². The highest BCUT2D eigenvalue weighted by Crippen LogP contribution is 2.26. The summed E-state index contributed by atoms with van der Waals surface area (Å²) in [6.45, 7) is 1.93. The fourth-order valence-corrected chi connectivity index (χ4v) is 1.61. The number of aromatic nitrogens is 1. The lowest BCUT2D eigenvalue weighted by molar-refractivity contribution is 0.114. The van der Waals surface area contributed by atoms with Crippen molar-refractivity contribution in [2.45, 2.75) is 32.3 Å². The number of nitrogens with zero attached hydrogens (tertiary/aromatic N) is 1. The Morgan fingerprint density at radius 2 is 2.27 bits per heavy atom. The van der Waals surface area contributed by atoms with E-state index in [0.29, 0.717) is 17.0 Å². The molecule has 0 unspecified atom stereocenters. The smallest absolute Gasteiger partial charge is 0.224 e. The number of pyridine rings is 1. The first kappa shape index (κ1) is 10.4. The molecule has 0 amide bonds. The SMILES string of the molecule is Cc1ccc(C(N)=S)c(OC2CCC2)n1. The minimum atomic E-state index is 0.299. The molecule has 0 atom stereocenters. The molecule has 1 aromatic rings. The minimum absolute atomic E-state index is 0.299. The van der Waals surface area contributed by atoms with Crippen molar-refractivity contribution in [1.29, 1.82) is 0 Å². The normalized spacial score (nSPS) is 15.8. The molecule has 0 saturated heterocycles. The molecule has 1 fully saturated rings. The van der Waals surface area contributed by atoms with Crippen molar-refractivity contribution in [3.05, 3.63) is 23.4 Å². The summed E-state index contributed by atoms with van der Waals surface area (Å²) in [6.07, 6.45) is 3.74. The number of thiocarbonyl (C=S) groups is 1. The molecule has 0 aromatic carbocycles. The number of rotatable bonds is 3. The Kier molecular flexibility index (Phi) is 2.86. The zero-order chi connectivity index (χ0) is 10.8. The molecule has 2 rings (SSSR count). The highest BCUT2D eigenvalue weighted by atomic mass is 32.1. The van der Waals surface area contributed by atoms with Gasteiger partial charge in [-0.2, -0.15) is 0 Å². The lowest BCUT2D eigenvalue weighted by Gasteiger charge is -2.26. The van der Waals surface area contributed by atoms with E-state index in [2.05, 4.69) is 4.98 Å². The number of hydrogen-bond acceptors (Lipinski definition) is 3. The van der Waals surface area contributed by atoms with Crippen LogP contribution in [0.4, 0.5) is 0 Å². The summed E-state index contributed by atoms with van der Waals surface area (Å²) in [5, 5.41) is 0. The van der Waals surface area contributed by atoms with Gasteiger partial charge >= 0.3 is 0 Å². The molecule has 1 aliphatic carbocycles. The molecule has 1 saturated carbocycles. The second-order valence-electron chi connectivity index (χ2n) is 3.84. The van der Waals surface area contributed by atoms with E-state index >= 15 is 0 Å². The summed E-state index contributed by atoms with van der Waals surface area (Å²) in [4.78, 5) is 4.67. The van der Waals surface area contributed by atoms with Gasteiger partial charge < -0.3 is 10.5 Å². The standard InChI is InChI=1S/C11H14N2OS/c1-7-5-6-9(10(12)15)11(13-7)14-8-3-2-4-8/h5-6,8H,2-4H2,1H3,(H2,12,15). The molecule has 1 heterocycles. The van der Waals surface area contributed by atoms with Crippen molar-refractivity contribution in [3.63, 3.8) is 0 Å². The van der Waals surface area contributed by atoms with E-state index in [0.717, 1.165) is 24.1 Å². The molecule has 4 heteroatoms. The molecule has 1 aliphatic rings. The predicted octanol–water partition coefficient (Wildman–Crippen LogP) is 1.96. The summed E-state index contributed by atoms with van der Waals surface area (Å²) in [5.41, 5.74) is 7.27. The van der Waals surface area contributed by atoms with Gasteiger partial charge in [0, 0.05) is 5.69 Å². The van der Waals surface area contributed by atoms with Gasteiger partial charge in [0.25, 0.3) is 0 Å². The van der Waals surface area contributed by atoms with Gasteiger partial charge in [-0.25, -0.2) is 4.98 Å². The third kappa shape index (κ3) is 2.26. The van der Waals surface area contributed by atoms with Crippen LogP contribution in [0, 0.1) is 6.92 Å². The molecule has 80 valence electrons. The first-order valence-electron chi connectivity index (χ1n) is 5.11. The van der Waals surface area contributed by atoms with Gasteiger partial charge in [-0.1, -0.05) is 12.2 Å². The van der Waals surface area contributed by atoms with Crippen molar-refractivity contribution in [2.24, 2.45) is 5.73 Å². The van der Waals surface area contributed by atoms with Gasteiger partial charge in [-0.3, -0.25) is 0 Å². The first-order chi connectivity index (χ1) is 7.16. The summed E-state index contributed by atoms with van der Waals surface area (Å²) in [7, 11) is 0. The number of ether oxygens (including phenoxy) is 1. The fraction of sp³-hybridized carbons (Fsp3) is 0.455. The molecular formula is C11H14N2OS. The van der Waals surface area contributed by atoms with Crippen LogP contribution >= 0.6 is 12.2 Å². The Morgan fingerprint density at radius 3 is 2.80 bits per heavy atom. The van der Waals surface area contributed by atoms with Crippen LogP contribution in [0.3, 0.4) is 0 Å². The van der Waals surface area contributed by atoms with E-state index in [1.54, 1.807) is 0 Å². The second-order valence-corrected chi connectivity index (χ2v) is 4.28. The van der Waals surface area contributed by atoms with Crippen molar-refractivity contribution in [3.8, 4) is 5.88 Å². The topological polar surface area (TPSA) is 48.1 Å². The number of nitrogens with two attached hydrogens (primary N) is 1. The van der Waals surface area contributed by atoms with Crippen LogP contribution in [-0.4, -0.2) is 16.1 Å². The average molecular weight is 222 g/mol. The minimum Gasteiger partial charge on any atom is -0.474 e. The third-order valence-electron chi connectivity index (χ3n) is 2.60. The highest BCUT2D eigenvalue weighted by Gasteiger charge is 2.21. The predicted molar refractivity (Wildman–Crippen MR) is 63.1 cm³/mol. The van der Waals surface area contributed by atoms with E-state index < -0.39 is 0 Å². The first-order valence-corrected chi connectivity index (χ1v) is 5.52. The maximum Gasteiger partial charge on any atom is 0.224 e. The van der Waals surface area contributed by atoms with Gasteiger partial charge in [0.1, 0.15) is 11.1 Å². The molecule has 0 aliphatic heterocycles. The van der Waals surface area contributed by atoms with Gasteiger partial charge in [0.15, 0.2) is 0 Å². The molecule has 1 aromatic heterocycles. The van der Waals surface area contributed by atoms with E-state index in [9.17, 15) is 0 Å². The van der Waals surface area contributed by atoms with Crippen molar-refractivity contribution in [2.75, 3.05) is 0 Å². The Bertz CT molecular complexity index is 388. The quantitative estimate of drug-likeness (QED) is 0.794. The fourth-order valence-electron chi connectivity index (χ4n) is 1.46.